The summed E-state index contributed by atoms with van der Waals surface area (Å²) in [6.07, 6.45) is 4.78. The quantitative estimate of drug-likeness (QED) is 0.683. The number of carbonyl (C=O) groups is 3. The molecule has 1 unspecified atom stereocenters. The number of thiophene rings is 1. The molecule has 2 amide bonds. The third-order valence-corrected chi connectivity index (χ3v) is 5.53. The first-order valence-corrected chi connectivity index (χ1v) is 9.30. The van der Waals surface area contributed by atoms with Crippen molar-refractivity contribution in [1.82, 2.24) is 5.32 Å². The Hall–Kier alpha value is -1.93. The number of carboxylic acid groups (broad SMARTS) is 1. The van der Waals surface area contributed by atoms with E-state index in [9.17, 15) is 14.4 Å². The fourth-order valence-corrected chi connectivity index (χ4v) is 4.38. The highest BCUT2D eigenvalue weighted by atomic mass is 32.1. The molecule has 0 bridgehead atoms. The van der Waals surface area contributed by atoms with Crippen LogP contribution in [0.3, 0.4) is 0 Å². The van der Waals surface area contributed by atoms with Crippen LogP contribution in [0.2, 0.25) is 0 Å². The monoisotopic (exact) mass is 366 g/mol. The molecule has 3 rings (SSSR count). The molecule has 0 aromatic carbocycles. The lowest BCUT2D eigenvalue weighted by atomic mass is 9.88. The molecule has 0 aliphatic heterocycles. The highest BCUT2D eigenvalue weighted by molar-refractivity contribution is 7.17. The molecule has 2 aliphatic rings. The van der Waals surface area contributed by atoms with E-state index in [2.05, 4.69) is 17.6 Å². The summed E-state index contributed by atoms with van der Waals surface area (Å²) in [4.78, 5) is 36.3. The molecule has 0 saturated heterocycles. The molecule has 2 aliphatic carbocycles. The van der Waals surface area contributed by atoms with Crippen LogP contribution in [0.5, 0.6) is 0 Å². The molecule has 1 saturated carbocycles. The molecule has 1 aromatic heterocycles. The Morgan fingerprint density at radius 1 is 1.24 bits per heavy atom. The Labute approximate surface area is 149 Å². The third kappa shape index (κ3) is 4.58. The van der Waals surface area contributed by atoms with Crippen LogP contribution in [0.1, 0.15) is 47.0 Å². The Morgan fingerprint density at radius 2 is 2.00 bits per heavy atom. The van der Waals surface area contributed by atoms with Crippen molar-refractivity contribution in [2.45, 2.75) is 45.1 Å². The van der Waals surface area contributed by atoms with Crippen molar-refractivity contribution in [1.29, 1.82) is 0 Å². The smallest absolute Gasteiger partial charge is 0.329 e. The van der Waals surface area contributed by atoms with Crippen LogP contribution in [-0.2, 0) is 27.2 Å². The van der Waals surface area contributed by atoms with Gasteiger partial charge in [0.25, 0.3) is 11.8 Å². The van der Waals surface area contributed by atoms with E-state index in [1.165, 1.54) is 11.3 Å². The number of hydrogen-bond acceptors (Lipinski definition) is 5. The van der Waals surface area contributed by atoms with Crippen LogP contribution < -0.4 is 10.6 Å². The number of rotatable bonds is 7. The molecule has 0 radical (unpaired) electrons. The molecule has 8 heteroatoms. The molecule has 1 aromatic rings. The molecule has 136 valence electrons. The zero-order valence-corrected chi connectivity index (χ0v) is 14.9. The van der Waals surface area contributed by atoms with Crippen molar-refractivity contribution < 1.29 is 24.2 Å². The second-order valence-corrected chi connectivity index (χ2v) is 7.84. The van der Waals surface area contributed by atoms with Gasteiger partial charge in [0.2, 0.25) is 0 Å². The molecule has 1 atom stereocenters. The summed E-state index contributed by atoms with van der Waals surface area (Å²) in [7, 11) is 0. The number of nitrogens with one attached hydrogen (secondary N) is 2. The topological polar surface area (TPSA) is 105 Å². The largest absolute Gasteiger partial charge is 0.480 e. The van der Waals surface area contributed by atoms with Gasteiger partial charge in [-0.3, -0.25) is 9.59 Å². The molecular formula is C17H22N2O5S. The summed E-state index contributed by atoms with van der Waals surface area (Å²) in [5, 5.41) is 14.8. The lowest BCUT2D eigenvalue weighted by Crippen LogP contribution is -2.28. The van der Waals surface area contributed by atoms with E-state index in [4.69, 9.17) is 9.84 Å². The van der Waals surface area contributed by atoms with Crippen molar-refractivity contribution in [3.05, 3.63) is 16.0 Å². The number of amides is 2. The Kier molecular flexibility index (Phi) is 5.39. The minimum Gasteiger partial charge on any atom is -0.480 e. The average Bonchev–Trinajstić information content (AvgIpc) is 3.26. The van der Waals surface area contributed by atoms with Crippen molar-refractivity contribution in [3.8, 4) is 0 Å². The van der Waals surface area contributed by atoms with Crippen LogP contribution >= 0.6 is 11.3 Å². The molecule has 1 fully saturated rings. The van der Waals surface area contributed by atoms with Crippen molar-refractivity contribution >= 4 is 34.1 Å². The van der Waals surface area contributed by atoms with E-state index < -0.39 is 18.5 Å². The molecule has 0 spiro atoms. The average molecular weight is 366 g/mol. The number of aliphatic carboxylic acids is 1. The summed E-state index contributed by atoms with van der Waals surface area (Å²) in [6.45, 7) is 1.31. The summed E-state index contributed by atoms with van der Waals surface area (Å²) < 4.78 is 4.82. The van der Waals surface area contributed by atoms with Gasteiger partial charge in [-0.25, -0.2) is 4.79 Å². The predicted molar refractivity (Wildman–Crippen MR) is 93.1 cm³/mol. The second kappa shape index (κ2) is 7.53. The normalized spacial score (nSPS) is 19.2. The van der Waals surface area contributed by atoms with Gasteiger partial charge in [0.15, 0.2) is 0 Å². The minimum absolute atomic E-state index is 0.128. The number of ether oxygens (including phenoxy) is 1. The van der Waals surface area contributed by atoms with E-state index >= 15 is 0 Å². The van der Waals surface area contributed by atoms with E-state index in [1.807, 2.05) is 0 Å². The zero-order chi connectivity index (χ0) is 18.0. The lowest BCUT2D eigenvalue weighted by molar-refractivity contribution is -0.143. The highest BCUT2D eigenvalue weighted by Crippen LogP contribution is 2.40. The number of carbonyl (C=O) groups excluding carboxylic acids is 2. The maximum absolute atomic E-state index is 12.7. The van der Waals surface area contributed by atoms with Gasteiger partial charge in [-0.15, -0.1) is 11.3 Å². The standard InChI is InChI=1S/C17H22N2O5S/c1-9-2-5-11-12(6-9)25-17(15(11)16(23)18-10-3-4-10)19-13(20)7-24-8-14(21)22/h9-10H,2-8H2,1H3,(H,18,23)(H,19,20)(H,21,22). The van der Waals surface area contributed by atoms with E-state index in [-0.39, 0.29) is 18.6 Å². The van der Waals surface area contributed by atoms with Crippen LogP contribution in [0.4, 0.5) is 5.00 Å². The number of hydrogen-bond donors (Lipinski definition) is 3. The molecule has 3 N–H and O–H groups in total. The molecular weight excluding hydrogens is 344 g/mol. The van der Waals surface area contributed by atoms with Gasteiger partial charge in [0, 0.05) is 10.9 Å². The van der Waals surface area contributed by atoms with Crippen molar-refractivity contribution in [2.75, 3.05) is 18.5 Å². The van der Waals surface area contributed by atoms with Crippen LogP contribution in [0, 0.1) is 5.92 Å². The fraction of sp³-hybridized carbons (Fsp3) is 0.588. The first kappa shape index (κ1) is 17.9. The zero-order valence-electron chi connectivity index (χ0n) is 14.1. The van der Waals surface area contributed by atoms with Crippen LogP contribution in [-0.4, -0.2) is 42.1 Å². The number of anilines is 1. The van der Waals surface area contributed by atoms with Crippen LogP contribution in [0.25, 0.3) is 0 Å². The van der Waals surface area contributed by atoms with Gasteiger partial charge in [0.1, 0.15) is 18.2 Å². The predicted octanol–water partition coefficient (Wildman–Crippen LogP) is 1.80. The van der Waals surface area contributed by atoms with E-state index in [0.29, 0.717) is 16.5 Å². The van der Waals surface area contributed by atoms with Gasteiger partial charge >= 0.3 is 5.97 Å². The Morgan fingerprint density at radius 3 is 2.68 bits per heavy atom. The second-order valence-electron chi connectivity index (χ2n) is 6.74. The first-order chi connectivity index (χ1) is 11.9. The van der Waals surface area contributed by atoms with Crippen molar-refractivity contribution in [3.63, 3.8) is 0 Å². The van der Waals surface area contributed by atoms with Gasteiger partial charge < -0.3 is 20.5 Å². The van der Waals surface area contributed by atoms with E-state index in [0.717, 1.165) is 42.5 Å². The Bertz CT molecular complexity index is 695. The Balaban J connectivity index is 1.75. The van der Waals surface area contributed by atoms with Crippen molar-refractivity contribution in [2.24, 2.45) is 5.92 Å². The first-order valence-electron chi connectivity index (χ1n) is 8.48. The number of fused-ring (bicyclic) bond motifs is 1. The maximum atomic E-state index is 12.7. The maximum Gasteiger partial charge on any atom is 0.329 e. The SMILES string of the molecule is CC1CCc2c(sc(NC(=O)COCC(=O)O)c2C(=O)NC2CC2)C1. The summed E-state index contributed by atoms with van der Waals surface area (Å²) in [6, 6.07) is 0.244. The fourth-order valence-electron chi connectivity index (χ4n) is 2.96. The number of carboxylic acids is 1. The van der Waals surface area contributed by atoms with Crippen LogP contribution in [0.15, 0.2) is 0 Å². The molecule has 25 heavy (non-hydrogen) atoms. The summed E-state index contributed by atoms with van der Waals surface area (Å²) >= 11 is 1.44. The minimum atomic E-state index is -1.13. The molecule has 1 heterocycles. The lowest BCUT2D eigenvalue weighted by Gasteiger charge is -2.18. The van der Waals surface area contributed by atoms with Gasteiger partial charge in [0.05, 0.1) is 5.56 Å². The summed E-state index contributed by atoms with van der Waals surface area (Å²) in [5.41, 5.74) is 1.62. The highest BCUT2D eigenvalue weighted by Gasteiger charge is 2.31. The summed E-state index contributed by atoms with van der Waals surface area (Å²) in [5.74, 6) is -1.14. The van der Waals surface area contributed by atoms with Gasteiger partial charge in [-0.1, -0.05) is 6.92 Å². The van der Waals surface area contributed by atoms with Gasteiger partial charge in [-0.05, 0) is 43.6 Å². The van der Waals surface area contributed by atoms with Gasteiger partial charge in [-0.2, -0.15) is 0 Å². The molecule has 7 nitrogen and oxygen atoms in total. The third-order valence-electron chi connectivity index (χ3n) is 4.36. The van der Waals surface area contributed by atoms with E-state index in [1.54, 1.807) is 0 Å².